The van der Waals surface area contributed by atoms with E-state index in [0.29, 0.717) is 0 Å². The highest BCUT2D eigenvalue weighted by Crippen LogP contribution is 2.21. The molecule has 4 heteroatoms. The van der Waals surface area contributed by atoms with Crippen molar-refractivity contribution in [1.82, 2.24) is 9.97 Å². The number of rotatable bonds is 17. The van der Waals surface area contributed by atoms with Crippen molar-refractivity contribution in [2.24, 2.45) is 0 Å². The molecule has 0 saturated carbocycles. The van der Waals surface area contributed by atoms with E-state index in [0.717, 1.165) is 56.5 Å². The second-order valence-corrected chi connectivity index (χ2v) is 10.3. The zero-order chi connectivity index (χ0) is 24.6. The third kappa shape index (κ3) is 11.2. The van der Waals surface area contributed by atoms with Gasteiger partial charge in [0.05, 0.1) is 6.10 Å². The molecule has 0 N–H and O–H groups in total. The summed E-state index contributed by atoms with van der Waals surface area (Å²) in [6, 6.07) is 8.98. The van der Waals surface area contributed by atoms with Crippen molar-refractivity contribution in [3.8, 4) is 11.1 Å². The van der Waals surface area contributed by atoms with E-state index in [-0.39, 0.29) is 12.4 Å². The van der Waals surface area contributed by atoms with Gasteiger partial charge in [-0.2, -0.15) is 0 Å². The molecular formula is C31H48N2O2. The van der Waals surface area contributed by atoms with Gasteiger partial charge in [0, 0.05) is 31.0 Å². The number of benzene rings is 1. The van der Waals surface area contributed by atoms with Crippen LogP contribution in [0.25, 0.3) is 11.1 Å². The van der Waals surface area contributed by atoms with Crippen molar-refractivity contribution in [1.29, 1.82) is 0 Å². The van der Waals surface area contributed by atoms with E-state index in [1.54, 1.807) is 0 Å². The Hall–Kier alpha value is -1.78. The van der Waals surface area contributed by atoms with Crippen molar-refractivity contribution in [3.63, 3.8) is 0 Å². The number of hydrogen-bond acceptors (Lipinski definition) is 4. The normalized spacial score (nSPS) is 16.9. The highest BCUT2D eigenvalue weighted by molar-refractivity contribution is 5.61. The van der Waals surface area contributed by atoms with Crippen LogP contribution in [0.15, 0.2) is 36.7 Å². The van der Waals surface area contributed by atoms with Gasteiger partial charge in [0.15, 0.2) is 6.29 Å². The maximum Gasteiger partial charge on any atom is 0.157 e. The molecule has 0 aliphatic carbocycles. The lowest BCUT2D eigenvalue weighted by Crippen LogP contribution is -2.26. The third-order valence-corrected chi connectivity index (χ3v) is 7.09. The fraction of sp³-hybridized carbons (Fsp3) is 0.677. The van der Waals surface area contributed by atoms with E-state index in [1.165, 1.54) is 75.3 Å². The zero-order valence-electron chi connectivity index (χ0n) is 22.4. The van der Waals surface area contributed by atoms with Gasteiger partial charge in [-0.05, 0) is 63.0 Å². The summed E-state index contributed by atoms with van der Waals surface area (Å²) in [6.45, 7) is 5.28. The minimum absolute atomic E-state index is 0.00815. The summed E-state index contributed by atoms with van der Waals surface area (Å²) in [7, 11) is 0. The van der Waals surface area contributed by atoms with Crippen LogP contribution in [0.4, 0.5) is 0 Å². The molecule has 1 fully saturated rings. The number of aromatic nitrogens is 2. The number of hydrogen-bond donors (Lipinski definition) is 0. The van der Waals surface area contributed by atoms with Crippen LogP contribution in [0, 0.1) is 0 Å². The van der Waals surface area contributed by atoms with Crippen LogP contribution in [-0.4, -0.2) is 29.0 Å². The van der Waals surface area contributed by atoms with Crippen LogP contribution in [0.3, 0.4) is 0 Å². The standard InChI is InChI=1S/C31H48N2O2/c1-3-4-5-6-7-8-9-10-16-27-19-21-28(22-20-27)29-24-32-30(33-25-29)17-12-11-15-26(2)35-31-18-13-14-23-34-31/h19-22,24-26,31H,3-18,23H2,1-2H3. The summed E-state index contributed by atoms with van der Waals surface area (Å²) in [5.74, 6) is 0.934. The Bertz CT molecular complexity index is 785. The number of unbranched alkanes of at least 4 members (excludes halogenated alkanes) is 8. The van der Waals surface area contributed by atoms with Gasteiger partial charge in [-0.3, -0.25) is 0 Å². The summed E-state index contributed by atoms with van der Waals surface area (Å²) in [6.07, 6.45) is 24.0. The first-order valence-corrected chi connectivity index (χ1v) is 14.4. The van der Waals surface area contributed by atoms with E-state index in [4.69, 9.17) is 9.47 Å². The lowest BCUT2D eigenvalue weighted by molar-refractivity contribution is -0.185. The molecule has 0 bridgehead atoms. The van der Waals surface area contributed by atoms with Gasteiger partial charge in [0.2, 0.25) is 0 Å². The molecule has 3 rings (SSSR count). The molecule has 1 aliphatic heterocycles. The highest BCUT2D eigenvalue weighted by Gasteiger charge is 2.16. The van der Waals surface area contributed by atoms with Crippen molar-refractivity contribution >= 4 is 0 Å². The Balaban J connectivity index is 1.29. The highest BCUT2D eigenvalue weighted by atomic mass is 16.7. The van der Waals surface area contributed by atoms with E-state index in [9.17, 15) is 0 Å². The smallest absolute Gasteiger partial charge is 0.157 e. The van der Waals surface area contributed by atoms with Crippen LogP contribution in [0.1, 0.15) is 115 Å². The molecule has 1 saturated heterocycles. The molecule has 0 radical (unpaired) electrons. The lowest BCUT2D eigenvalue weighted by atomic mass is 10.0. The summed E-state index contributed by atoms with van der Waals surface area (Å²) in [4.78, 5) is 9.24. The first kappa shape index (κ1) is 27.8. The van der Waals surface area contributed by atoms with Crippen LogP contribution in [0.2, 0.25) is 0 Å². The fourth-order valence-electron chi connectivity index (χ4n) is 4.82. The maximum atomic E-state index is 6.01. The van der Waals surface area contributed by atoms with Gasteiger partial charge in [0.25, 0.3) is 0 Å². The predicted molar refractivity (Wildman–Crippen MR) is 145 cm³/mol. The topological polar surface area (TPSA) is 44.2 Å². The average molecular weight is 481 g/mol. The van der Waals surface area contributed by atoms with Crippen molar-refractivity contribution in [2.45, 2.75) is 129 Å². The second-order valence-electron chi connectivity index (χ2n) is 10.3. The Labute approximate surface area is 214 Å². The largest absolute Gasteiger partial charge is 0.353 e. The molecular weight excluding hydrogens is 432 g/mol. The van der Waals surface area contributed by atoms with E-state index >= 15 is 0 Å². The molecule has 2 aromatic rings. The van der Waals surface area contributed by atoms with Gasteiger partial charge >= 0.3 is 0 Å². The number of nitrogens with zero attached hydrogens (tertiary/aromatic N) is 2. The summed E-state index contributed by atoms with van der Waals surface area (Å²) in [5, 5.41) is 0. The number of aryl methyl sites for hydroxylation is 2. The Morgan fingerprint density at radius 2 is 1.51 bits per heavy atom. The number of ether oxygens (including phenoxy) is 2. The molecule has 1 aromatic carbocycles. The summed E-state index contributed by atoms with van der Waals surface area (Å²) in [5.41, 5.74) is 3.74. The van der Waals surface area contributed by atoms with Gasteiger partial charge in [-0.15, -0.1) is 0 Å². The third-order valence-electron chi connectivity index (χ3n) is 7.09. The first-order valence-electron chi connectivity index (χ1n) is 14.4. The minimum Gasteiger partial charge on any atom is -0.353 e. The fourth-order valence-corrected chi connectivity index (χ4v) is 4.82. The van der Waals surface area contributed by atoms with Gasteiger partial charge in [0.1, 0.15) is 5.82 Å². The van der Waals surface area contributed by atoms with Crippen molar-refractivity contribution < 1.29 is 9.47 Å². The first-order chi connectivity index (χ1) is 17.2. The molecule has 35 heavy (non-hydrogen) atoms. The Kier molecular flexibility index (Phi) is 13.4. The molecule has 0 amide bonds. The van der Waals surface area contributed by atoms with Crippen molar-refractivity contribution in [2.75, 3.05) is 6.61 Å². The molecule has 0 spiro atoms. The maximum absolute atomic E-state index is 6.01. The van der Waals surface area contributed by atoms with E-state index < -0.39 is 0 Å². The summed E-state index contributed by atoms with van der Waals surface area (Å²) >= 11 is 0. The molecule has 1 aliphatic rings. The van der Waals surface area contributed by atoms with Gasteiger partial charge in [-0.1, -0.05) is 82.6 Å². The monoisotopic (exact) mass is 480 g/mol. The van der Waals surface area contributed by atoms with Crippen LogP contribution in [0.5, 0.6) is 0 Å². The summed E-state index contributed by atoms with van der Waals surface area (Å²) < 4.78 is 11.7. The minimum atomic E-state index is 0.00815. The molecule has 1 aromatic heterocycles. The molecule has 4 nitrogen and oxygen atoms in total. The molecule has 2 heterocycles. The molecule has 2 unspecified atom stereocenters. The lowest BCUT2D eigenvalue weighted by Gasteiger charge is -2.26. The predicted octanol–water partition coefficient (Wildman–Crippen LogP) is 8.47. The SMILES string of the molecule is CCCCCCCCCCc1ccc(-c2cnc(CCCCC(C)OC3CCCCO3)nc2)cc1. The quantitative estimate of drug-likeness (QED) is 0.213. The van der Waals surface area contributed by atoms with Crippen molar-refractivity contribution in [3.05, 3.63) is 48.0 Å². The van der Waals surface area contributed by atoms with E-state index in [1.807, 2.05) is 12.4 Å². The van der Waals surface area contributed by atoms with Crippen LogP contribution < -0.4 is 0 Å². The zero-order valence-corrected chi connectivity index (χ0v) is 22.4. The Morgan fingerprint density at radius 3 is 2.20 bits per heavy atom. The molecule has 2 atom stereocenters. The average Bonchev–Trinajstić information content (AvgIpc) is 2.89. The van der Waals surface area contributed by atoms with Crippen LogP contribution >= 0.6 is 0 Å². The Morgan fingerprint density at radius 1 is 0.829 bits per heavy atom. The van der Waals surface area contributed by atoms with E-state index in [2.05, 4.69) is 48.1 Å². The van der Waals surface area contributed by atoms with Gasteiger partial charge < -0.3 is 9.47 Å². The van der Waals surface area contributed by atoms with Gasteiger partial charge in [-0.25, -0.2) is 9.97 Å². The second kappa shape index (κ2) is 16.8. The molecule has 194 valence electrons. The van der Waals surface area contributed by atoms with Crippen LogP contribution in [-0.2, 0) is 22.3 Å².